The molecular formula is C11H21N3O3. The van der Waals surface area contributed by atoms with E-state index in [9.17, 15) is 9.59 Å². The van der Waals surface area contributed by atoms with Gasteiger partial charge in [0.15, 0.2) is 0 Å². The molecule has 1 rings (SSSR count). The van der Waals surface area contributed by atoms with E-state index in [2.05, 4.69) is 10.6 Å². The van der Waals surface area contributed by atoms with E-state index >= 15 is 0 Å². The van der Waals surface area contributed by atoms with Crippen molar-refractivity contribution in [1.82, 2.24) is 10.6 Å². The first-order chi connectivity index (χ1) is 8.05. The molecule has 0 bridgehead atoms. The highest BCUT2D eigenvalue weighted by molar-refractivity contribution is 5.91. The largest absolute Gasteiger partial charge is 0.383 e. The summed E-state index contributed by atoms with van der Waals surface area (Å²) in [6.07, 6.45) is 1.63. The van der Waals surface area contributed by atoms with Gasteiger partial charge in [-0.05, 0) is 19.8 Å². The Labute approximate surface area is 101 Å². The van der Waals surface area contributed by atoms with Gasteiger partial charge >= 0.3 is 0 Å². The van der Waals surface area contributed by atoms with E-state index in [1.165, 1.54) is 0 Å². The molecule has 0 spiro atoms. The summed E-state index contributed by atoms with van der Waals surface area (Å²) >= 11 is 0. The molecule has 6 heteroatoms. The molecule has 98 valence electrons. The lowest BCUT2D eigenvalue weighted by atomic mass is 10.1. The van der Waals surface area contributed by atoms with Crippen LogP contribution in [0, 0.1) is 5.41 Å². The van der Waals surface area contributed by atoms with Gasteiger partial charge in [-0.25, -0.2) is 0 Å². The van der Waals surface area contributed by atoms with Gasteiger partial charge in [0, 0.05) is 20.2 Å². The fourth-order valence-electron chi connectivity index (χ4n) is 1.52. The quantitative estimate of drug-likeness (QED) is 0.500. The van der Waals surface area contributed by atoms with Crippen molar-refractivity contribution in [2.24, 2.45) is 11.1 Å². The summed E-state index contributed by atoms with van der Waals surface area (Å²) in [5, 5.41) is 5.36. The van der Waals surface area contributed by atoms with Gasteiger partial charge in [-0.15, -0.1) is 0 Å². The van der Waals surface area contributed by atoms with Crippen LogP contribution in [0.1, 0.15) is 19.8 Å². The Morgan fingerprint density at radius 2 is 2.12 bits per heavy atom. The number of ether oxygens (including phenoxy) is 1. The van der Waals surface area contributed by atoms with Crippen molar-refractivity contribution in [3.8, 4) is 0 Å². The van der Waals surface area contributed by atoms with Gasteiger partial charge in [0.2, 0.25) is 11.8 Å². The van der Waals surface area contributed by atoms with Crippen molar-refractivity contribution in [2.75, 3.05) is 26.8 Å². The van der Waals surface area contributed by atoms with Gasteiger partial charge in [-0.2, -0.15) is 0 Å². The molecule has 1 aliphatic rings. The molecular weight excluding hydrogens is 222 g/mol. The Morgan fingerprint density at radius 1 is 1.47 bits per heavy atom. The van der Waals surface area contributed by atoms with Gasteiger partial charge in [-0.3, -0.25) is 9.59 Å². The van der Waals surface area contributed by atoms with Gasteiger partial charge in [-0.1, -0.05) is 0 Å². The number of carbonyl (C=O) groups is 2. The van der Waals surface area contributed by atoms with E-state index in [-0.39, 0.29) is 11.8 Å². The first-order valence-corrected chi connectivity index (χ1v) is 5.83. The van der Waals surface area contributed by atoms with E-state index in [1.807, 2.05) is 0 Å². The maximum atomic E-state index is 11.8. The van der Waals surface area contributed by atoms with E-state index in [0.29, 0.717) is 19.7 Å². The Morgan fingerprint density at radius 3 is 2.59 bits per heavy atom. The molecule has 0 aromatic heterocycles. The minimum Gasteiger partial charge on any atom is -0.383 e. The lowest BCUT2D eigenvalue weighted by molar-refractivity contribution is -0.131. The highest BCUT2D eigenvalue weighted by atomic mass is 16.5. The molecule has 17 heavy (non-hydrogen) atoms. The average molecular weight is 243 g/mol. The topological polar surface area (TPSA) is 93.5 Å². The monoisotopic (exact) mass is 243 g/mol. The van der Waals surface area contributed by atoms with Crippen molar-refractivity contribution in [3.05, 3.63) is 0 Å². The summed E-state index contributed by atoms with van der Waals surface area (Å²) in [7, 11) is 1.56. The standard InChI is InChI=1S/C11H21N3O3/c1-8(9(15)13-5-6-17-2)14-10(16)11(7-12)3-4-11/h8H,3-7,12H2,1-2H3,(H,13,15)(H,14,16). The first kappa shape index (κ1) is 13.9. The van der Waals surface area contributed by atoms with Crippen LogP contribution in [-0.4, -0.2) is 44.7 Å². The van der Waals surface area contributed by atoms with E-state index < -0.39 is 11.5 Å². The molecule has 1 unspecified atom stereocenters. The predicted molar refractivity (Wildman–Crippen MR) is 63.2 cm³/mol. The Hall–Kier alpha value is -1.14. The molecule has 0 heterocycles. The van der Waals surface area contributed by atoms with Gasteiger partial charge in [0.05, 0.1) is 12.0 Å². The Bertz CT molecular complexity index is 290. The molecule has 6 nitrogen and oxygen atoms in total. The number of hydrogen-bond acceptors (Lipinski definition) is 4. The summed E-state index contributed by atoms with van der Waals surface area (Å²) in [6.45, 7) is 2.90. The predicted octanol–water partition coefficient (Wildman–Crippen LogP) is -1.01. The molecule has 1 fully saturated rings. The number of carbonyl (C=O) groups excluding carboxylic acids is 2. The van der Waals surface area contributed by atoms with Crippen LogP contribution < -0.4 is 16.4 Å². The molecule has 0 radical (unpaired) electrons. The third-order valence-electron chi connectivity index (χ3n) is 3.07. The third-order valence-corrected chi connectivity index (χ3v) is 3.07. The van der Waals surface area contributed by atoms with Crippen molar-refractivity contribution >= 4 is 11.8 Å². The summed E-state index contributed by atoms with van der Waals surface area (Å²) in [5.41, 5.74) is 5.13. The van der Waals surface area contributed by atoms with Crippen molar-refractivity contribution in [1.29, 1.82) is 0 Å². The third kappa shape index (κ3) is 3.67. The fourth-order valence-corrected chi connectivity index (χ4v) is 1.52. The second kappa shape index (κ2) is 5.97. The normalized spacial score (nSPS) is 18.3. The van der Waals surface area contributed by atoms with E-state index in [4.69, 9.17) is 10.5 Å². The number of rotatable bonds is 7. The SMILES string of the molecule is COCCNC(=O)C(C)NC(=O)C1(CN)CC1. The van der Waals surface area contributed by atoms with Gasteiger partial charge in [0.1, 0.15) is 6.04 Å². The van der Waals surface area contributed by atoms with Gasteiger partial charge in [0.25, 0.3) is 0 Å². The zero-order valence-electron chi connectivity index (χ0n) is 10.4. The molecule has 1 aliphatic carbocycles. The summed E-state index contributed by atoms with van der Waals surface area (Å²) < 4.78 is 4.82. The number of nitrogens with two attached hydrogens (primary N) is 1. The zero-order chi connectivity index (χ0) is 12.9. The van der Waals surface area contributed by atoms with Crippen LogP contribution in [0.2, 0.25) is 0 Å². The number of hydrogen-bond donors (Lipinski definition) is 3. The van der Waals surface area contributed by atoms with Crippen LogP contribution in [0.15, 0.2) is 0 Å². The highest BCUT2D eigenvalue weighted by Gasteiger charge is 2.48. The van der Waals surface area contributed by atoms with Crippen LogP contribution in [-0.2, 0) is 14.3 Å². The minimum atomic E-state index is -0.539. The van der Waals surface area contributed by atoms with Crippen LogP contribution in [0.5, 0.6) is 0 Å². The molecule has 2 amide bonds. The van der Waals surface area contributed by atoms with Crippen molar-refractivity contribution in [2.45, 2.75) is 25.8 Å². The molecule has 1 atom stereocenters. The smallest absolute Gasteiger partial charge is 0.242 e. The van der Waals surface area contributed by atoms with Crippen LogP contribution >= 0.6 is 0 Å². The summed E-state index contributed by atoms with van der Waals surface area (Å²) in [4.78, 5) is 23.4. The molecule has 1 saturated carbocycles. The fraction of sp³-hybridized carbons (Fsp3) is 0.818. The summed E-state index contributed by atoms with van der Waals surface area (Å²) in [5.74, 6) is -0.322. The zero-order valence-corrected chi connectivity index (χ0v) is 10.4. The second-order valence-electron chi connectivity index (χ2n) is 4.46. The molecule has 0 saturated heterocycles. The van der Waals surface area contributed by atoms with E-state index in [1.54, 1.807) is 14.0 Å². The lowest BCUT2D eigenvalue weighted by Crippen LogP contribution is -2.49. The molecule has 0 aliphatic heterocycles. The molecule has 0 aromatic rings. The molecule has 4 N–H and O–H groups in total. The number of methoxy groups -OCH3 is 1. The lowest BCUT2D eigenvalue weighted by Gasteiger charge is -2.18. The number of amides is 2. The average Bonchev–Trinajstić information content (AvgIpc) is 3.09. The van der Waals surface area contributed by atoms with Gasteiger partial charge < -0.3 is 21.1 Å². The van der Waals surface area contributed by atoms with E-state index in [0.717, 1.165) is 12.8 Å². The van der Waals surface area contributed by atoms with Crippen LogP contribution in [0.25, 0.3) is 0 Å². The molecule has 0 aromatic carbocycles. The van der Waals surface area contributed by atoms with Crippen LogP contribution in [0.4, 0.5) is 0 Å². The Balaban J connectivity index is 2.30. The second-order valence-corrected chi connectivity index (χ2v) is 4.46. The highest BCUT2D eigenvalue weighted by Crippen LogP contribution is 2.44. The van der Waals surface area contributed by atoms with Crippen molar-refractivity contribution in [3.63, 3.8) is 0 Å². The maximum absolute atomic E-state index is 11.8. The first-order valence-electron chi connectivity index (χ1n) is 5.83. The maximum Gasteiger partial charge on any atom is 0.242 e. The summed E-state index contributed by atoms with van der Waals surface area (Å²) in [6, 6.07) is -0.539. The van der Waals surface area contributed by atoms with Crippen LogP contribution in [0.3, 0.4) is 0 Å². The Kier molecular flexibility index (Phi) is 4.89. The van der Waals surface area contributed by atoms with Crippen molar-refractivity contribution < 1.29 is 14.3 Å². The number of nitrogens with one attached hydrogen (secondary N) is 2. The minimum absolute atomic E-state index is 0.116.